The first-order valence-corrected chi connectivity index (χ1v) is 4.94. The lowest BCUT2D eigenvalue weighted by atomic mass is 9.81. The van der Waals surface area contributed by atoms with Crippen molar-refractivity contribution in [3.8, 4) is 0 Å². The van der Waals surface area contributed by atoms with Gasteiger partial charge in [0.15, 0.2) is 0 Å². The van der Waals surface area contributed by atoms with Crippen molar-refractivity contribution in [1.29, 1.82) is 0 Å². The minimum Gasteiger partial charge on any atom is -0.330 e. The summed E-state index contributed by atoms with van der Waals surface area (Å²) in [5, 5.41) is 0. The third-order valence-electron chi connectivity index (χ3n) is 2.62. The number of rotatable bonds is 3. The average Bonchev–Trinajstić information content (AvgIpc) is 2.02. The Hall–Kier alpha value is -0.890. The van der Waals surface area contributed by atoms with E-state index in [2.05, 4.69) is 0 Å². The molecule has 0 amide bonds. The zero-order valence-corrected chi connectivity index (χ0v) is 9.10. The lowest BCUT2D eigenvalue weighted by molar-refractivity contribution is 0.456. The Labute approximate surface area is 85.1 Å². The Kier molecular flexibility index (Phi) is 3.27. The van der Waals surface area contributed by atoms with Crippen LogP contribution in [-0.2, 0) is 5.41 Å². The molecule has 1 rings (SSSR count). The lowest BCUT2D eigenvalue weighted by Gasteiger charge is -2.25. The standard InChI is InChI=1S/C12H18FN/c1-9-4-5-10(11(13)8-9)12(2,3)6-7-14/h4-5,8H,6-7,14H2,1-3H3. The molecular weight excluding hydrogens is 177 g/mol. The van der Waals surface area contributed by atoms with E-state index < -0.39 is 0 Å². The van der Waals surface area contributed by atoms with Gasteiger partial charge >= 0.3 is 0 Å². The van der Waals surface area contributed by atoms with Crippen molar-refractivity contribution < 1.29 is 4.39 Å². The summed E-state index contributed by atoms with van der Waals surface area (Å²) in [6.07, 6.45) is 0.799. The van der Waals surface area contributed by atoms with Crippen molar-refractivity contribution in [2.24, 2.45) is 5.73 Å². The molecule has 0 radical (unpaired) electrons. The van der Waals surface area contributed by atoms with Crippen molar-refractivity contribution in [2.75, 3.05) is 6.54 Å². The third-order valence-corrected chi connectivity index (χ3v) is 2.62. The molecule has 0 atom stereocenters. The summed E-state index contributed by atoms with van der Waals surface area (Å²) in [4.78, 5) is 0. The van der Waals surface area contributed by atoms with E-state index >= 15 is 0 Å². The van der Waals surface area contributed by atoms with Gasteiger partial charge in [-0.25, -0.2) is 4.39 Å². The summed E-state index contributed by atoms with van der Waals surface area (Å²) in [5.74, 6) is -0.122. The highest BCUT2D eigenvalue weighted by Crippen LogP contribution is 2.28. The normalized spacial score (nSPS) is 11.8. The first-order chi connectivity index (χ1) is 6.47. The van der Waals surface area contributed by atoms with Crippen molar-refractivity contribution in [2.45, 2.75) is 32.6 Å². The van der Waals surface area contributed by atoms with E-state index in [4.69, 9.17) is 5.73 Å². The van der Waals surface area contributed by atoms with Crippen LogP contribution >= 0.6 is 0 Å². The van der Waals surface area contributed by atoms with Crippen molar-refractivity contribution in [3.05, 3.63) is 35.1 Å². The minimum absolute atomic E-state index is 0.122. The van der Waals surface area contributed by atoms with Gasteiger partial charge in [0.25, 0.3) is 0 Å². The fraction of sp³-hybridized carbons (Fsp3) is 0.500. The molecule has 0 aromatic heterocycles. The Morgan fingerprint density at radius 2 is 2.00 bits per heavy atom. The predicted molar refractivity (Wildman–Crippen MR) is 57.8 cm³/mol. The van der Waals surface area contributed by atoms with Gasteiger partial charge in [0, 0.05) is 0 Å². The van der Waals surface area contributed by atoms with Crippen LogP contribution in [0.25, 0.3) is 0 Å². The second-order valence-electron chi connectivity index (χ2n) is 4.41. The summed E-state index contributed by atoms with van der Waals surface area (Å²) in [7, 11) is 0. The molecule has 78 valence electrons. The third kappa shape index (κ3) is 2.32. The summed E-state index contributed by atoms with van der Waals surface area (Å²) in [6.45, 7) is 6.52. The average molecular weight is 195 g/mol. The molecule has 2 N–H and O–H groups in total. The number of nitrogens with two attached hydrogens (primary N) is 1. The summed E-state index contributed by atoms with van der Waals surface area (Å²) >= 11 is 0. The van der Waals surface area contributed by atoms with Gasteiger partial charge in [-0.15, -0.1) is 0 Å². The molecule has 14 heavy (non-hydrogen) atoms. The molecular formula is C12H18FN. The molecule has 0 bridgehead atoms. The second-order valence-corrected chi connectivity index (χ2v) is 4.41. The van der Waals surface area contributed by atoms with Crippen LogP contribution in [0.5, 0.6) is 0 Å². The van der Waals surface area contributed by atoms with Crippen molar-refractivity contribution >= 4 is 0 Å². The molecule has 0 saturated carbocycles. The molecule has 0 heterocycles. The quantitative estimate of drug-likeness (QED) is 0.788. The highest BCUT2D eigenvalue weighted by molar-refractivity contribution is 5.29. The smallest absolute Gasteiger partial charge is 0.127 e. The molecule has 0 aliphatic rings. The molecule has 0 saturated heterocycles. The molecule has 0 aliphatic heterocycles. The van der Waals surface area contributed by atoms with E-state index in [0.717, 1.165) is 17.5 Å². The SMILES string of the molecule is Cc1ccc(C(C)(C)CCN)c(F)c1. The van der Waals surface area contributed by atoms with Crippen LogP contribution in [0.4, 0.5) is 4.39 Å². The van der Waals surface area contributed by atoms with Crippen LogP contribution in [0.3, 0.4) is 0 Å². The maximum Gasteiger partial charge on any atom is 0.127 e. The Bertz CT molecular complexity index is 318. The zero-order valence-electron chi connectivity index (χ0n) is 9.10. The number of halogens is 1. The van der Waals surface area contributed by atoms with E-state index in [1.807, 2.05) is 32.9 Å². The Balaban J connectivity index is 3.06. The molecule has 0 aliphatic carbocycles. The van der Waals surface area contributed by atoms with Crippen LogP contribution in [0.2, 0.25) is 0 Å². The van der Waals surface area contributed by atoms with Crippen molar-refractivity contribution in [1.82, 2.24) is 0 Å². The van der Waals surface area contributed by atoms with E-state index in [1.165, 1.54) is 0 Å². The Morgan fingerprint density at radius 3 is 2.50 bits per heavy atom. The van der Waals surface area contributed by atoms with E-state index in [1.54, 1.807) is 6.07 Å². The highest BCUT2D eigenvalue weighted by Gasteiger charge is 2.22. The van der Waals surface area contributed by atoms with Crippen LogP contribution in [0.1, 0.15) is 31.4 Å². The van der Waals surface area contributed by atoms with Gasteiger partial charge in [0.1, 0.15) is 5.82 Å². The van der Waals surface area contributed by atoms with Gasteiger partial charge in [-0.3, -0.25) is 0 Å². The van der Waals surface area contributed by atoms with Crippen LogP contribution in [0, 0.1) is 12.7 Å². The van der Waals surface area contributed by atoms with Crippen LogP contribution in [0.15, 0.2) is 18.2 Å². The minimum atomic E-state index is -0.174. The fourth-order valence-electron chi connectivity index (χ4n) is 1.66. The number of hydrogen-bond donors (Lipinski definition) is 1. The van der Waals surface area contributed by atoms with Gasteiger partial charge < -0.3 is 5.73 Å². The van der Waals surface area contributed by atoms with Crippen LogP contribution in [-0.4, -0.2) is 6.54 Å². The second kappa shape index (κ2) is 4.09. The summed E-state index contributed by atoms with van der Waals surface area (Å²) in [6, 6.07) is 5.38. The maximum absolute atomic E-state index is 13.6. The molecule has 2 heteroatoms. The highest BCUT2D eigenvalue weighted by atomic mass is 19.1. The van der Waals surface area contributed by atoms with E-state index in [0.29, 0.717) is 6.54 Å². The first-order valence-electron chi connectivity index (χ1n) is 4.94. The fourth-order valence-corrected chi connectivity index (χ4v) is 1.66. The molecule has 1 aromatic rings. The lowest BCUT2D eigenvalue weighted by Crippen LogP contribution is -2.23. The predicted octanol–water partition coefficient (Wildman–Crippen LogP) is 2.76. The van der Waals surface area contributed by atoms with E-state index in [9.17, 15) is 4.39 Å². The summed E-state index contributed by atoms with van der Waals surface area (Å²) < 4.78 is 13.6. The van der Waals surface area contributed by atoms with Crippen molar-refractivity contribution in [3.63, 3.8) is 0 Å². The van der Waals surface area contributed by atoms with Crippen LogP contribution < -0.4 is 5.73 Å². The number of aryl methyl sites for hydroxylation is 1. The number of hydrogen-bond acceptors (Lipinski definition) is 1. The number of benzene rings is 1. The van der Waals surface area contributed by atoms with Gasteiger partial charge in [-0.05, 0) is 42.5 Å². The van der Waals surface area contributed by atoms with E-state index in [-0.39, 0.29) is 11.2 Å². The summed E-state index contributed by atoms with van der Waals surface area (Å²) in [5.41, 5.74) is 7.05. The van der Waals surface area contributed by atoms with Gasteiger partial charge in [0.05, 0.1) is 0 Å². The molecule has 1 aromatic carbocycles. The maximum atomic E-state index is 13.6. The van der Waals surface area contributed by atoms with Gasteiger partial charge in [-0.2, -0.15) is 0 Å². The first kappa shape index (κ1) is 11.2. The topological polar surface area (TPSA) is 26.0 Å². The molecule has 0 fully saturated rings. The Morgan fingerprint density at radius 1 is 1.36 bits per heavy atom. The largest absolute Gasteiger partial charge is 0.330 e. The molecule has 0 spiro atoms. The zero-order chi connectivity index (χ0) is 10.8. The van der Waals surface area contributed by atoms with Gasteiger partial charge in [-0.1, -0.05) is 26.0 Å². The van der Waals surface area contributed by atoms with Gasteiger partial charge in [0.2, 0.25) is 0 Å². The molecule has 0 unspecified atom stereocenters. The molecule has 1 nitrogen and oxygen atoms in total. The monoisotopic (exact) mass is 195 g/mol.